The summed E-state index contributed by atoms with van der Waals surface area (Å²) in [6.07, 6.45) is 3.47. The van der Waals surface area contributed by atoms with Gasteiger partial charge in [0.15, 0.2) is 6.23 Å². The van der Waals surface area contributed by atoms with Crippen molar-refractivity contribution in [2.75, 3.05) is 49.1 Å². The van der Waals surface area contributed by atoms with Gasteiger partial charge in [-0.05, 0) is 56.0 Å². The fourth-order valence-electron chi connectivity index (χ4n) is 5.31. The van der Waals surface area contributed by atoms with Gasteiger partial charge in [0.05, 0.1) is 28.0 Å². The van der Waals surface area contributed by atoms with Crippen LogP contribution in [0.25, 0.3) is 0 Å². The zero-order chi connectivity index (χ0) is 28.6. The van der Waals surface area contributed by atoms with Crippen molar-refractivity contribution in [2.24, 2.45) is 5.92 Å². The van der Waals surface area contributed by atoms with Crippen LogP contribution in [-0.2, 0) is 20.7 Å². The highest BCUT2D eigenvalue weighted by Crippen LogP contribution is 2.35. The van der Waals surface area contributed by atoms with Crippen LogP contribution in [0.2, 0.25) is 10.0 Å². The maximum Gasteiger partial charge on any atom is 0.307 e. The molecular formula is C31H41Cl2N3O4. The van der Waals surface area contributed by atoms with Crippen LogP contribution in [0.15, 0.2) is 36.4 Å². The van der Waals surface area contributed by atoms with Gasteiger partial charge in [0.2, 0.25) is 5.91 Å². The molecule has 0 bridgehead atoms. The molecule has 0 radical (unpaired) electrons. The summed E-state index contributed by atoms with van der Waals surface area (Å²) in [5.41, 5.74) is 2.86. The van der Waals surface area contributed by atoms with E-state index < -0.39 is 6.23 Å². The molecule has 0 saturated carbocycles. The van der Waals surface area contributed by atoms with Gasteiger partial charge in [-0.15, -0.1) is 0 Å². The SMILES string of the molecule is CCCC(=O)OC(C(C)C)N1C(=O)CCc2ccc(OCCCCN3CCN(c4cccc(Cl)c4Cl)CC3)cc21. The molecule has 1 fully saturated rings. The molecule has 0 aliphatic carbocycles. The van der Waals surface area contributed by atoms with Crippen LogP contribution in [0.5, 0.6) is 5.75 Å². The summed E-state index contributed by atoms with van der Waals surface area (Å²) in [6.45, 7) is 11.3. The number of piperazine rings is 1. The number of amides is 1. The van der Waals surface area contributed by atoms with Crippen LogP contribution in [0, 0.1) is 5.92 Å². The first kappa shape index (κ1) is 30.5. The molecule has 0 aromatic heterocycles. The van der Waals surface area contributed by atoms with E-state index in [4.69, 9.17) is 32.7 Å². The minimum Gasteiger partial charge on any atom is -0.494 e. The molecule has 1 saturated heterocycles. The Morgan fingerprint density at radius 3 is 2.50 bits per heavy atom. The zero-order valence-corrected chi connectivity index (χ0v) is 25.3. The molecule has 1 unspecified atom stereocenters. The van der Waals surface area contributed by atoms with E-state index in [-0.39, 0.29) is 17.8 Å². The van der Waals surface area contributed by atoms with E-state index >= 15 is 0 Å². The van der Waals surface area contributed by atoms with E-state index in [1.165, 1.54) is 0 Å². The normalized spacial score (nSPS) is 16.7. The second kappa shape index (κ2) is 14.4. The number of hydrogen-bond acceptors (Lipinski definition) is 6. The molecule has 2 aliphatic rings. The third-order valence-corrected chi connectivity index (χ3v) is 8.31. The molecule has 0 spiro atoms. The average Bonchev–Trinajstić information content (AvgIpc) is 2.94. The van der Waals surface area contributed by atoms with Gasteiger partial charge >= 0.3 is 5.97 Å². The lowest BCUT2D eigenvalue weighted by molar-refractivity contribution is -0.152. The maximum absolute atomic E-state index is 13.0. The molecule has 2 heterocycles. The van der Waals surface area contributed by atoms with Gasteiger partial charge in [0, 0.05) is 51.0 Å². The first-order valence-electron chi connectivity index (χ1n) is 14.5. The summed E-state index contributed by atoms with van der Waals surface area (Å²) in [7, 11) is 0. The smallest absolute Gasteiger partial charge is 0.307 e. The van der Waals surface area contributed by atoms with Crippen LogP contribution in [0.4, 0.5) is 11.4 Å². The monoisotopic (exact) mass is 589 g/mol. The molecule has 2 aromatic carbocycles. The number of aryl methyl sites for hydroxylation is 1. The largest absolute Gasteiger partial charge is 0.494 e. The van der Waals surface area contributed by atoms with Crippen LogP contribution < -0.4 is 14.5 Å². The van der Waals surface area contributed by atoms with Gasteiger partial charge in [0.25, 0.3) is 0 Å². The summed E-state index contributed by atoms with van der Waals surface area (Å²) < 4.78 is 11.9. The minimum absolute atomic E-state index is 0.0228. The number of unbranched alkanes of at least 4 members (excludes halogenated alkanes) is 1. The lowest BCUT2D eigenvalue weighted by Gasteiger charge is -2.37. The van der Waals surface area contributed by atoms with E-state index in [1.54, 1.807) is 4.90 Å². The van der Waals surface area contributed by atoms with Crippen LogP contribution in [0.1, 0.15) is 58.4 Å². The third-order valence-electron chi connectivity index (χ3n) is 7.51. The number of esters is 1. The summed E-state index contributed by atoms with van der Waals surface area (Å²) >= 11 is 12.6. The second-order valence-electron chi connectivity index (χ2n) is 10.9. The molecule has 4 rings (SSSR count). The second-order valence-corrected chi connectivity index (χ2v) is 11.7. The van der Waals surface area contributed by atoms with Crippen molar-refractivity contribution >= 4 is 46.5 Å². The van der Waals surface area contributed by atoms with Crippen molar-refractivity contribution in [1.82, 2.24) is 4.90 Å². The predicted octanol–water partition coefficient (Wildman–Crippen LogP) is 6.58. The van der Waals surface area contributed by atoms with E-state index in [2.05, 4.69) is 9.80 Å². The van der Waals surface area contributed by atoms with E-state index in [0.29, 0.717) is 42.3 Å². The number of carbonyl (C=O) groups is 2. The summed E-state index contributed by atoms with van der Waals surface area (Å²) in [5, 5.41) is 1.22. The van der Waals surface area contributed by atoms with E-state index in [1.807, 2.05) is 57.2 Å². The Kier molecular flexibility index (Phi) is 11.0. The summed E-state index contributed by atoms with van der Waals surface area (Å²) in [5.74, 6) is 0.395. The number of fused-ring (bicyclic) bond motifs is 1. The topological polar surface area (TPSA) is 62.3 Å². The van der Waals surface area contributed by atoms with Gasteiger partial charge in [-0.1, -0.05) is 56.1 Å². The number of halogens is 2. The summed E-state index contributed by atoms with van der Waals surface area (Å²) in [6, 6.07) is 11.7. The number of nitrogens with zero attached hydrogens (tertiary/aromatic N) is 3. The van der Waals surface area contributed by atoms with Crippen LogP contribution in [-0.4, -0.2) is 62.3 Å². The van der Waals surface area contributed by atoms with Crippen molar-refractivity contribution < 1.29 is 19.1 Å². The Morgan fingerprint density at radius 1 is 1.00 bits per heavy atom. The Morgan fingerprint density at radius 2 is 1.77 bits per heavy atom. The Labute approximate surface area is 248 Å². The molecule has 2 aliphatic heterocycles. The van der Waals surface area contributed by atoms with E-state index in [9.17, 15) is 9.59 Å². The van der Waals surface area contributed by atoms with Crippen molar-refractivity contribution in [1.29, 1.82) is 0 Å². The number of rotatable bonds is 12. The zero-order valence-electron chi connectivity index (χ0n) is 23.8. The molecule has 1 atom stereocenters. The summed E-state index contributed by atoms with van der Waals surface area (Å²) in [4.78, 5) is 31.8. The molecular weight excluding hydrogens is 549 g/mol. The van der Waals surface area contributed by atoms with Crippen LogP contribution >= 0.6 is 23.2 Å². The molecule has 7 nitrogen and oxygen atoms in total. The third kappa shape index (κ3) is 7.62. The first-order valence-corrected chi connectivity index (χ1v) is 15.2. The lowest BCUT2D eigenvalue weighted by atomic mass is 9.98. The molecule has 218 valence electrons. The minimum atomic E-state index is -0.629. The standard InChI is InChI=1S/C31H41Cl2N3O4/c1-4-8-29(38)40-31(22(2)3)36-27-21-24(13-11-23(27)12-14-28(36)37)39-20-6-5-15-34-16-18-35(19-17-34)26-10-7-9-25(32)30(26)33/h7,9-11,13,21-22,31H,4-6,8,12,14-20H2,1-3H3. The lowest BCUT2D eigenvalue weighted by Crippen LogP contribution is -2.48. The van der Waals surface area contributed by atoms with E-state index in [0.717, 1.165) is 68.3 Å². The Balaban J connectivity index is 1.27. The number of ether oxygens (including phenoxy) is 2. The quantitative estimate of drug-likeness (QED) is 0.206. The van der Waals surface area contributed by atoms with Crippen molar-refractivity contribution in [3.63, 3.8) is 0 Å². The van der Waals surface area contributed by atoms with Crippen molar-refractivity contribution in [2.45, 2.75) is 65.5 Å². The van der Waals surface area contributed by atoms with Gasteiger partial charge in [-0.2, -0.15) is 0 Å². The number of hydrogen-bond donors (Lipinski definition) is 0. The van der Waals surface area contributed by atoms with Crippen molar-refractivity contribution in [3.05, 3.63) is 52.0 Å². The number of anilines is 2. The molecule has 9 heteroatoms. The Hall–Kier alpha value is -2.48. The number of carbonyl (C=O) groups excluding carboxylic acids is 2. The van der Waals surface area contributed by atoms with Gasteiger partial charge in [0.1, 0.15) is 5.75 Å². The fourth-order valence-corrected chi connectivity index (χ4v) is 5.72. The first-order chi connectivity index (χ1) is 19.3. The van der Waals surface area contributed by atoms with Gasteiger partial charge in [-0.25, -0.2) is 0 Å². The van der Waals surface area contributed by atoms with Crippen molar-refractivity contribution in [3.8, 4) is 5.75 Å². The Bertz CT molecular complexity index is 1170. The highest BCUT2D eigenvalue weighted by molar-refractivity contribution is 6.43. The van der Waals surface area contributed by atoms with Crippen LogP contribution in [0.3, 0.4) is 0 Å². The van der Waals surface area contributed by atoms with Gasteiger partial charge in [-0.3, -0.25) is 19.4 Å². The fraction of sp³-hybridized carbons (Fsp3) is 0.548. The number of benzene rings is 2. The highest BCUT2D eigenvalue weighted by atomic mass is 35.5. The highest BCUT2D eigenvalue weighted by Gasteiger charge is 2.35. The molecule has 1 amide bonds. The average molecular weight is 591 g/mol. The molecule has 0 N–H and O–H groups in total. The predicted molar refractivity (Wildman–Crippen MR) is 162 cm³/mol. The van der Waals surface area contributed by atoms with Gasteiger partial charge < -0.3 is 14.4 Å². The maximum atomic E-state index is 13.0. The molecule has 40 heavy (non-hydrogen) atoms. The molecule has 2 aromatic rings.